The van der Waals surface area contributed by atoms with Crippen LogP contribution in [0.1, 0.15) is 19.8 Å². The fraction of sp³-hybridized carbons (Fsp3) is 0.562. The summed E-state index contributed by atoms with van der Waals surface area (Å²) < 4.78 is 5.38. The van der Waals surface area contributed by atoms with Crippen LogP contribution in [0.5, 0.6) is 5.75 Å². The Labute approximate surface area is 125 Å². The summed E-state index contributed by atoms with van der Waals surface area (Å²) in [5, 5.41) is 6.41. The lowest BCUT2D eigenvalue weighted by Crippen LogP contribution is -2.37. The summed E-state index contributed by atoms with van der Waals surface area (Å²) >= 11 is 0. The average molecular weight is 289 g/mol. The molecule has 2 aliphatic rings. The summed E-state index contributed by atoms with van der Waals surface area (Å²) in [6, 6.07) is 6.31. The molecular weight excluding hydrogens is 266 g/mol. The number of nitrogens with one attached hydrogen (secondary N) is 2. The van der Waals surface area contributed by atoms with Crippen molar-refractivity contribution in [3.05, 3.63) is 18.2 Å². The summed E-state index contributed by atoms with van der Waals surface area (Å²) in [6.07, 6.45) is 2.46. The Balaban J connectivity index is 1.65. The highest BCUT2D eigenvalue weighted by molar-refractivity contribution is 5.96. The molecule has 3 rings (SSSR count). The van der Waals surface area contributed by atoms with Crippen molar-refractivity contribution >= 4 is 17.3 Å². The second kappa shape index (κ2) is 5.93. The van der Waals surface area contributed by atoms with E-state index in [-0.39, 0.29) is 12.5 Å². The Morgan fingerprint density at radius 2 is 2.14 bits per heavy atom. The lowest BCUT2D eigenvalue weighted by atomic mass is 9.90. The van der Waals surface area contributed by atoms with Crippen molar-refractivity contribution in [2.24, 2.45) is 5.92 Å². The molecule has 21 heavy (non-hydrogen) atoms. The number of nitrogens with zero attached hydrogens (tertiary/aromatic N) is 1. The van der Waals surface area contributed by atoms with Gasteiger partial charge in [0, 0.05) is 11.7 Å². The highest BCUT2D eigenvalue weighted by atomic mass is 16.5. The van der Waals surface area contributed by atoms with Crippen molar-refractivity contribution in [1.29, 1.82) is 0 Å². The van der Waals surface area contributed by atoms with E-state index in [1.165, 1.54) is 25.9 Å². The van der Waals surface area contributed by atoms with Gasteiger partial charge in [-0.3, -0.25) is 4.79 Å². The van der Waals surface area contributed by atoms with Crippen molar-refractivity contribution in [3.63, 3.8) is 0 Å². The molecule has 1 amide bonds. The third-order valence-electron chi connectivity index (χ3n) is 4.48. The van der Waals surface area contributed by atoms with Crippen LogP contribution in [0.2, 0.25) is 0 Å². The monoisotopic (exact) mass is 289 g/mol. The minimum absolute atomic E-state index is 0.0944. The standard InChI is InChI=1S/C16H23N3O2/c1-11(12-5-7-19(2)8-6-12)17-13-3-4-15-14(9-13)18-16(20)10-21-15/h3-4,9,11-12,17H,5-8,10H2,1-2H3,(H,18,20). The van der Waals surface area contributed by atoms with Crippen LogP contribution >= 0.6 is 0 Å². The van der Waals surface area contributed by atoms with E-state index in [4.69, 9.17) is 4.74 Å². The van der Waals surface area contributed by atoms with Crippen molar-refractivity contribution < 1.29 is 9.53 Å². The lowest BCUT2D eigenvalue weighted by Gasteiger charge is -2.33. The normalized spacial score (nSPS) is 21.1. The van der Waals surface area contributed by atoms with Gasteiger partial charge in [-0.05, 0) is 64.0 Å². The Bertz CT molecular complexity index is 524. The number of likely N-dealkylation sites (tertiary alicyclic amines) is 1. The van der Waals surface area contributed by atoms with Crippen molar-refractivity contribution in [2.45, 2.75) is 25.8 Å². The fourth-order valence-corrected chi connectivity index (χ4v) is 3.08. The molecule has 2 aliphatic heterocycles. The van der Waals surface area contributed by atoms with E-state index in [1.807, 2.05) is 18.2 Å². The zero-order valence-electron chi connectivity index (χ0n) is 12.7. The molecule has 1 unspecified atom stereocenters. The van der Waals surface area contributed by atoms with E-state index in [0.717, 1.165) is 17.1 Å². The fourth-order valence-electron chi connectivity index (χ4n) is 3.08. The summed E-state index contributed by atoms with van der Waals surface area (Å²) in [4.78, 5) is 13.8. The Kier molecular flexibility index (Phi) is 4.01. The van der Waals surface area contributed by atoms with E-state index in [0.29, 0.717) is 12.0 Å². The van der Waals surface area contributed by atoms with Gasteiger partial charge in [0.05, 0.1) is 5.69 Å². The summed E-state index contributed by atoms with van der Waals surface area (Å²) in [6.45, 7) is 4.69. The number of amides is 1. The third-order valence-corrected chi connectivity index (χ3v) is 4.48. The van der Waals surface area contributed by atoms with Crippen LogP contribution < -0.4 is 15.4 Å². The van der Waals surface area contributed by atoms with E-state index in [9.17, 15) is 4.79 Å². The molecule has 0 saturated carbocycles. The molecule has 1 aromatic rings. The number of ether oxygens (including phenoxy) is 1. The van der Waals surface area contributed by atoms with Gasteiger partial charge in [0.1, 0.15) is 5.75 Å². The molecule has 0 spiro atoms. The predicted octanol–water partition coefficient (Wildman–Crippen LogP) is 2.16. The Hall–Kier alpha value is -1.75. The SMILES string of the molecule is CC(Nc1ccc2c(c1)NC(=O)CO2)C1CCN(C)CC1. The molecule has 114 valence electrons. The molecule has 5 nitrogen and oxygen atoms in total. The summed E-state index contributed by atoms with van der Waals surface area (Å²) in [7, 11) is 2.18. The molecule has 1 aromatic carbocycles. The number of carbonyl (C=O) groups excluding carboxylic acids is 1. The lowest BCUT2D eigenvalue weighted by molar-refractivity contribution is -0.118. The van der Waals surface area contributed by atoms with Crippen LogP contribution in [0.3, 0.4) is 0 Å². The van der Waals surface area contributed by atoms with Crippen LogP contribution in [-0.4, -0.2) is 43.6 Å². The topological polar surface area (TPSA) is 53.6 Å². The van der Waals surface area contributed by atoms with Crippen molar-refractivity contribution in [1.82, 2.24) is 4.90 Å². The summed E-state index contributed by atoms with van der Waals surface area (Å²) in [5.41, 5.74) is 1.79. The average Bonchev–Trinajstić information content (AvgIpc) is 2.47. The maximum absolute atomic E-state index is 11.4. The smallest absolute Gasteiger partial charge is 0.262 e. The van der Waals surface area contributed by atoms with Gasteiger partial charge in [0.15, 0.2) is 6.61 Å². The highest BCUT2D eigenvalue weighted by Gasteiger charge is 2.23. The second-order valence-corrected chi connectivity index (χ2v) is 6.12. The number of benzene rings is 1. The van der Waals surface area contributed by atoms with Gasteiger partial charge < -0.3 is 20.3 Å². The van der Waals surface area contributed by atoms with E-state index in [2.05, 4.69) is 29.5 Å². The third kappa shape index (κ3) is 3.29. The van der Waals surface area contributed by atoms with Gasteiger partial charge in [-0.2, -0.15) is 0 Å². The molecule has 1 atom stereocenters. The number of anilines is 2. The first-order valence-corrected chi connectivity index (χ1v) is 7.63. The Morgan fingerprint density at radius 1 is 1.38 bits per heavy atom. The van der Waals surface area contributed by atoms with Crippen LogP contribution in [0.4, 0.5) is 11.4 Å². The Morgan fingerprint density at radius 3 is 2.90 bits per heavy atom. The van der Waals surface area contributed by atoms with Gasteiger partial charge in [-0.15, -0.1) is 0 Å². The molecule has 2 N–H and O–H groups in total. The van der Waals surface area contributed by atoms with E-state index < -0.39 is 0 Å². The zero-order valence-corrected chi connectivity index (χ0v) is 12.7. The first-order valence-electron chi connectivity index (χ1n) is 7.63. The maximum Gasteiger partial charge on any atom is 0.262 e. The molecule has 2 heterocycles. The first-order chi connectivity index (χ1) is 10.1. The molecule has 1 saturated heterocycles. The van der Waals surface area contributed by atoms with E-state index in [1.54, 1.807) is 0 Å². The van der Waals surface area contributed by atoms with Crippen LogP contribution in [0, 0.1) is 5.92 Å². The number of hydrogen-bond acceptors (Lipinski definition) is 4. The van der Waals surface area contributed by atoms with Gasteiger partial charge in [-0.25, -0.2) is 0 Å². The number of rotatable bonds is 3. The van der Waals surface area contributed by atoms with Crippen molar-refractivity contribution in [3.8, 4) is 5.75 Å². The van der Waals surface area contributed by atoms with Gasteiger partial charge >= 0.3 is 0 Å². The van der Waals surface area contributed by atoms with Gasteiger partial charge in [0.25, 0.3) is 5.91 Å². The number of carbonyl (C=O) groups is 1. The first kappa shape index (κ1) is 14.2. The van der Waals surface area contributed by atoms with Crippen LogP contribution in [0.25, 0.3) is 0 Å². The molecule has 5 heteroatoms. The van der Waals surface area contributed by atoms with Gasteiger partial charge in [-0.1, -0.05) is 0 Å². The van der Waals surface area contributed by atoms with Crippen LogP contribution in [0.15, 0.2) is 18.2 Å². The molecule has 0 bridgehead atoms. The predicted molar refractivity (Wildman–Crippen MR) is 83.9 cm³/mol. The molecule has 0 radical (unpaired) electrons. The maximum atomic E-state index is 11.4. The molecule has 1 fully saturated rings. The molecular formula is C16H23N3O2. The van der Waals surface area contributed by atoms with Crippen LogP contribution in [-0.2, 0) is 4.79 Å². The quantitative estimate of drug-likeness (QED) is 0.895. The van der Waals surface area contributed by atoms with Gasteiger partial charge in [0.2, 0.25) is 0 Å². The zero-order chi connectivity index (χ0) is 14.8. The molecule has 0 aromatic heterocycles. The number of hydrogen-bond donors (Lipinski definition) is 2. The minimum Gasteiger partial charge on any atom is -0.482 e. The second-order valence-electron chi connectivity index (χ2n) is 6.12. The largest absolute Gasteiger partial charge is 0.482 e. The summed E-state index contributed by atoms with van der Waals surface area (Å²) in [5.74, 6) is 1.35. The number of fused-ring (bicyclic) bond motifs is 1. The van der Waals surface area contributed by atoms with E-state index >= 15 is 0 Å². The number of piperidine rings is 1. The molecule has 0 aliphatic carbocycles. The van der Waals surface area contributed by atoms with Crippen molar-refractivity contribution in [2.75, 3.05) is 37.4 Å². The highest BCUT2D eigenvalue weighted by Crippen LogP contribution is 2.31. The minimum atomic E-state index is -0.0944.